The standard InChI is InChI=1S/C13H19OP/c14-15(13-9-5-2-6-10-13)11-12-7-3-1-4-8-12/h2,5-6,9-10,12,15H,1,3-4,7-8,11H2. The van der Waals surface area contributed by atoms with Crippen molar-refractivity contribution in [1.82, 2.24) is 0 Å². The molecule has 1 saturated carbocycles. The maximum Gasteiger partial charge on any atom is 0.104 e. The van der Waals surface area contributed by atoms with E-state index in [1.54, 1.807) is 0 Å². The highest BCUT2D eigenvalue weighted by molar-refractivity contribution is 7.53. The van der Waals surface area contributed by atoms with Gasteiger partial charge in [-0.2, -0.15) is 0 Å². The summed E-state index contributed by atoms with van der Waals surface area (Å²) in [5.74, 6) is 0.727. The van der Waals surface area contributed by atoms with Gasteiger partial charge < -0.3 is 4.57 Å². The third kappa shape index (κ3) is 3.21. The SMILES string of the molecule is O=[PH](CC1CCCCC1)c1ccccc1. The zero-order chi connectivity index (χ0) is 10.5. The molecule has 0 saturated heterocycles. The van der Waals surface area contributed by atoms with E-state index in [4.69, 9.17) is 0 Å². The van der Waals surface area contributed by atoms with Gasteiger partial charge in [-0.1, -0.05) is 62.4 Å². The zero-order valence-corrected chi connectivity index (χ0v) is 10.1. The van der Waals surface area contributed by atoms with Crippen molar-refractivity contribution < 1.29 is 4.57 Å². The highest BCUT2D eigenvalue weighted by Crippen LogP contribution is 2.32. The number of hydrogen-bond acceptors (Lipinski definition) is 1. The van der Waals surface area contributed by atoms with Crippen LogP contribution in [0, 0.1) is 5.92 Å². The van der Waals surface area contributed by atoms with Crippen LogP contribution in [0.15, 0.2) is 30.3 Å². The molecule has 0 bridgehead atoms. The summed E-state index contributed by atoms with van der Waals surface area (Å²) < 4.78 is 12.1. The Balaban J connectivity index is 1.91. The second-order valence-corrected chi connectivity index (χ2v) is 6.33. The van der Waals surface area contributed by atoms with Crippen LogP contribution in [-0.2, 0) is 4.57 Å². The normalized spacial score (nSPS) is 20.0. The van der Waals surface area contributed by atoms with E-state index in [1.807, 2.05) is 30.3 Å². The van der Waals surface area contributed by atoms with Crippen molar-refractivity contribution in [3.8, 4) is 0 Å². The Bertz CT molecular complexity index is 315. The summed E-state index contributed by atoms with van der Waals surface area (Å²) in [5, 5.41) is 1.06. The Morgan fingerprint density at radius 1 is 1.07 bits per heavy atom. The molecule has 2 heteroatoms. The van der Waals surface area contributed by atoms with Gasteiger partial charge in [0, 0.05) is 11.5 Å². The second kappa shape index (κ2) is 5.51. The Labute approximate surface area is 92.7 Å². The van der Waals surface area contributed by atoms with Crippen molar-refractivity contribution in [3.05, 3.63) is 30.3 Å². The monoisotopic (exact) mass is 222 g/mol. The molecule has 0 aromatic heterocycles. The highest BCUT2D eigenvalue weighted by Gasteiger charge is 2.16. The van der Waals surface area contributed by atoms with E-state index in [0.717, 1.165) is 17.4 Å². The molecular weight excluding hydrogens is 203 g/mol. The molecule has 1 atom stereocenters. The Kier molecular flexibility index (Phi) is 4.02. The van der Waals surface area contributed by atoms with Gasteiger partial charge in [-0.05, 0) is 5.92 Å². The van der Waals surface area contributed by atoms with Crippen LogP contribution < -0.4 is 5.30 Å². The Morgan fingerprint density at radius 3 is 2.40 bits per heavy atom. The number of benzene rings is 1. The third-order valence-corrected chi connectivity index (χ3v) is 5.22. The van der Waals surface area contributed by atoms with Crippen LogP contribution in [0.3, 0.4) is 0 Å². The lowest BCUT2D eigenvalue weighted by Crippen LogP contribution is -2.11. The summed E-state index contributed by atoms with van der Waals surface area (Å²) in [4.78, 5) is 0. The average molecular weight is 222 g/mol. The van der Waals surface area contributed by atoms with Crippen LogP contribution in [0.2, 0.25) is 0 Å². The largest absolute Gasteiger partial charge is 0.322 e. The predicted molar refractivity (Wildman–Crippen MR) is 66.5 cm³/mol. The van der Waals surface area contributed by atoms with Crippen molar-refractivity contribution in [3.63, 3.8) is 0 Å². The summed E-state index contributed by atoms with van der Waals surface area (Å²) in [6.45, 7) is 0. The maximum absolute atomic E-state index is 12.1. The molecular formula is C13H19OP. The van der Waals surface area contributed by atoms with E-state index < -0.39 is 7.80 Å². The minimum absolute atomic E-state index is 0.727. The van der Waals surface area contributed by atoms with Crippen molar-refractivity contribution in [1.29, 1.82) is 0 Å². The van der Waals surface area contributed by atoms with E-state index in [9.17, 15) is 4.57 Å². The van der Waals surface area contributed by atoms with E-state index in [2.05, 4.69) is 0 Å². The van der Waals surface area contributed by atoms with Crippen molar-refractivity contribution >= 4 is 13.1 Å². The fraction of sp³-hybridized carbons (Fsp3) is 0.538. The first-order valence-corrected chi connectivity index (χ1v) is 7.56. The van der Waals surface area contributed by atoms with Crippen LogP contribution in [0.1, 0.15) is 32.1 Å². The number of hydrogen-bond donors (Lipinski definition) is 0. The molecule has 1 aromatic carbocycles. The lowest BCUT2D eigenvalue weighted by Gasteiger charge is -2.21. The van der Waals surface area contributed by atoms with E-state index >= 15 is 0 Å². The topological polar surface area (TPSA) is 17.1 Å². The van der Waals surface area contributed by atoms with Gasteiger partial charge in [0.2, 0.25) is 0 Å². The van der Waals surface area contributed by atoms with Gasteiger partial charge in [0.15, 0.2) is 0 Å². The molecule has 0 N–H and O–H groups in total. The lowest BCUT2D eigenvalue weighted by molar-refractivity contribution is 0.387. The summed E-state index contributed by atoms with van der Waals surface area (Å²) in [6, 6.07) is 9.96. The van der Waals surface area contributed by atoms with E-state index in [1.165, 1.54) is 32.1 Å². The quantitative estimate of drug-likeness (QED) is 0.716. The molecule has 1 fully saturated rings. The van der Waals surface area contributed by atoms with Crippen molar-refractivity contribution in [2.75, 3.05) is 6.16 Å². The van der Waals surface area contributed by atoms with Crippen LogP contribution >= 0.6 is 7.80 Å². The fourth-order valence-electron chi connectivity index (χ4n) is 2.40. The Hall–Kier alpha value is -0.550. The van der Waals surface area contributed by atoms with Gasteiger partial charge in [0.1, 0.15) is 7.80 Å². The molecule has 0 amide bonds. The van der Waals surface area contributed by atoms with Crippen molar-refractivity contribution in [2.24, 2.45) is 5.92 Å². The molecule has 0 aliphatic heterocycles. The summed E-state index contributed by atoms with van der Waals surface area (Å²) in [5.41, 5.74) is 0. The summed E-state index contributed by atoms with van der Waals surface area (Å²) in [6.07, 6.45) is 7.59. The van der Waals surface area contributed by atoms with Gasteiger partial charge in [0.05, 0.1) is 0 Å². The average Bonchev–Trinajstić information content (AvgIpc) is 2.31. The molecule has 1 aromatic rings. The third-order valence-electron chi connectivity index (χ3n) is 3.29. The van der Waals surface area contributed by atoms with Crippen LogP contribution in [0.5, 0.6) is 0 Å². The molecule has 0 heterocycles. The van der Waals surface area contributed by atoms with Crippen LogP contribution in [-0.4, -0.2) is 6.16 Å². The smallest absolute Gasteiger partial charge is 0.104 e. The second-order valence-electron chi connectivity index (χ2n) is 4.50. The summed E-state index contributed by atoms with van der Waals surface area (Å²) >= 11 is 0. The summed E-state index contributed by atoms with van der Waals surface area (Å²) in [7, 11) is -1.52. The van der Waals surface area contributed by atoms with Gasteiger partial charge in [-0.15, -0.1) is 0 Å². The van der Waals surface area contributed by atoms with Gasteiger partial charge in [-0.3, -0.25) is 0 Å². The first-order valence-electron chi connectivity index (χ1n) is 5.94. The molecule has 82 valence electrons. The number of rotatable bonds is 3. The van der Waals surface area contributed by atoms with Gasteiger partial charge in [-0.25, -0.2) is 0 Å². The highest BCUT2D eigenvalue weighted by atomic mass is 31.1. The van der Waals surface area contributed by atoms with Crippen molar-refractivity contribution in [2.45, 2.75) is 32.1 Å². The molecule has 0 radical (unpaired) electrons. The lowest BCUT2D eigenvalue weighted by atomic mass is 9.91. The van der Waals surface area contributed by atoms with Gasteiger partial charge >= 0.3 is 0 Å². The fourth-order valence-corrected chi connectivity index (χ4v) is 4.13. The predicted octanol–water partition coefficient (Wildman–Crippen LogP) is 3.45. The molecule has 1 nitrogen and oxygen atoms in total. The van der Waals surface area contributed by atoms with Crippen LogP contribution in [0.4, 0.5) is 0 Å². The minimum atomic E-state index is -1.52. The molecule has 1 aliphatic rings. The molecule has 1 unspecified atom stereocenters. The maximum atomic E-state index is 12.1. The van der Waals surface area contributed by atoms with E-state index in [-0.39, 0.29) is 0 Å². The first kappa shape index (κ1) is 11.0. The minimum Gasteiger partial charge on any atom is -0.322 e. The van der Waals surface area contributed by atoms with Crippen LogP contribution in [0.25, 0.3) is 0 Å². The zero-order valence-electron chi connectivity index (χ0n) is 9.11. The van der Waals surface area contributed by atoms with E-state index in [0.29, 0.717) is 0 Å². The molecule has 0 spiro atoms. The molecule has 1 aliphatic carbocycles. The first-order chi connectivity index (χ1) is 7.36. The van der Waals surface area contributed by atoms with Gasteiger partial charge in [0.25, 0.3) is 0 Å². The Morgan fingerprint density at radius 2 is 1.73 bits per heavy atom. The molecule has 15 heavy (non-hydrogen) atoms. The molecule has 2 rings (SSSR count).